The minimum atomic E-state index is -0.730. The van der Waals surface area contributed by atoms with Crippen LogP contribution in [0.2, 0.25) is 0 Å². The van der Waals surface area contributed by atoms with Gasteiger partial charge in [-0.25, -0.2) is 0 Å². The van der Waals surface area contributed by atoms with Crippen molar-refractivity contribution in [3.8, 4) is 11.5 Å². The fraction of sp³-hybridized carbons (Fsp3) is 0.143. The van der Waals surface area contributed by atoms with E-state index in [-0.39, 0.29) is 49.1 Å². The molecule has 0 aliphatic carbocycles. The van der Waals surface area contributed by atoms with Crippen molar-refractivity contribution >= 4 is 60.5 Å². The number of hydrogen-bond donors (Lipinski definition) is 2. The minimum absolute atomic E-state index is 0. The number of benzene rings is 2. The van der Waals surface area contributed by atoms with Crippen molar-refractivity contribution in [2.45, 2.75) is 13.8 Å². The van der Waals surface area contributed by atoms with Gasteiger partial charge in [-0.15, -0.1) is 0 Å². The number of nitrogens with two attached hydrogens (primary N) is 2. The van der Waals surface area contributed by atoms with E-state index < -0.39 is 32.7 Å². The number of hydrogen-bond acceptors (Lipinski definition) is 8. The van der Waals surface area contributed by atoms with E-state index in [1.165, 1.54) is 24.3 Å². The summed E-state index contributed by atoms with van der Waals surface area (Å²) in [5.74, 6) is -1.43. The molecule has 0 saturated carbocycles. The maximum absolute atomic E-state index is 11.0. The van der Waals surface area contributed by atoms with Gasteiger partial charge in [-0.1, -0.05) is 0 Å². The molecule has 128 valence electrons. The molecule has 0 saturated heterocycles. The Bertz CT molecular complexity index is 745. The zero-order valence-electron chi connectivity index (χ0n) is 13.5. The Hall–Kier alpha value is -2.30. The molecule has 0 aliphatic heterocycles. The van der Waals surface area contributed by atoms with Crippen LogP contribution in [0, 0.1) is 34.1 Å². The minimum Gasteiger partial charge on any atom is -0.866 e. The van der Waals surface area contributed by atoms with Gasteiger partial charge in [-0.3, -0.25) is 20.2 Å². The third-order valence-corrected chi connectivity index (χ3v) is 2.88. The smallest absolute Gasteiger partial charge is 0.866 e. The molecule has 0 unspecified atom stereocenters. The number of rotatable bonds is 2. The van der Waals surface area contributed by atoms with Gasteiger partial charge < -0.3 is 21.7 Å². The van der Waals surface area contributed by atoms with Crippen LogP contribution in [0.3, 0.4) is 0 Å². The van der Waals surface area contributed by atoms with E-state index in [0.29, 0.717) is 11.1 Å². The van der Waals surface area contributed by atoms with Crippen LogP contribution in [-0.2, 0) is 0 Å². The topological polar surface area (TPSA) is 184 Å². The van der Waals surface area contributed by atoms with Crippen LogP contribution in [0.4, 0.5) is 22.7 Å². The van der Waals surface area contributed by atoms with Crippen molar-refractivity contribution < 1.29 is 20.1 Å². The number of nitrogens with zero attached hydrogens (tertiary/aromatic N) is 2. The summed E-state index contributed by atoms with van der Waals surface area (Å²) in [7, 11) is 0. The Kier molecular flexibility index (Phi) is 8.40. The van der Waals surface area contributed by atoms with Crippen LogP contribution in [0.25, 0.3) is 0 Å². The van der Waals surface area contributed by atoms with Gasteiger partial charge in [0, 0.05) is 23.5 Å². The van der Waals surface area contributed by atoms with Gasteiger partial charge >= 0.3 is 37.7 Å². The van der Waals surface area contributed by atoms with E-state index >= 15 is 0 Å². The molecule has 0 aliphatic rings. The summed E-state index contributed by atoms with van der Waals surface area (Å²) in [6.07, 6.45) is 0. The van der Waals surface area contributed by atoms with Gasteiger partial charge in [0.05, 0.1) is 9.85 Å². The van der Waals surface area contributed by atoms with Crippen molar-refractivity contribution in [1.82, 2.24) is 0 Å². The quantitative estimate of drug-likeness (QED) is 0.333. The van der Waals surface area contributed by atoms with Crippen LogP contribution in [0.5, 0.6) is 11.5 Å². The molecule has 0 bridgehead atoms. The standard InChI is InChI=1S/2C7H8N2O3.Ca/c2*1-4-2-5(8)7(10)6(3-4)9(11)12;/h2*2-3,10H,8H2,1H3;/q;;+2/p-2. The maximum Gasteiger partial charge on any atom is 2.00 e. The third kappa shape index (κ3) is 5.93. The molecule has 2 aromatic rings. The first kappa shape index (κ1) is 22.7. The summed E-state index contributed by atoms with van der Waals surface area (Å²) in [4.78, 5) is 19.1. The van der Waals surface area contributed by atoms with Crippen LogP contribution in [-0.4, -0.2) is 47.6 Å². The molecule has 0 amide bonds. The Labute approximate surface area is 172 Å². The monoisotopic (exact) mass is 374 g/mol. The number of nitrogen functional groups attached to an aromatic ring is 2. The SMILES string of the molecule is Cc1cc(N)c([O-])c([N+](=O)[O-])c1.Cc1cc(N)c([O-])c([N+](=O)[O-])c1.[Ca+2]. The summed E-state index contributed by atoms with van der Waals surface area (Å²) in [5.41, 5.74) is 10.6. The van der Waals surface area contributed by atoms with Gasteiger partial charge in [0.1, 0.15) is 0 Å². The molecule has 4 N–H and O–H groups in total. The fourth-order valence-corrected chi connectivity index (χ4v) is 1.83. The van der Waals surface area contributed by atoms with Crippen molar-refractivity contribution in [2.24, 2.45) is 0 Å². The van der Waals surface area contributed by atoms with E-state index in [2.05, 4.69) is 0 Å². The average Bonchev–Trinajstić information content (AvgIpc) is 2.46. The molecule has 2 rings (SSSR count). The zero-order chi connectivity index (χ0) is 18.6. The van der Waals surface area contributed by atoms with Crippen LogP contribution < -0.4 is 21.7 Å². The van der Waals surface area contributed by atoms with Crippen LogP contribution in [0.1, 0.15) is 11.1 Å². The zero-order valence-corrected chi connectivity index (χ0v) is 15.7. The molecular formula is C14H14CaN4O6. The Morgan fingerprint density at radius 3 is 1.28 bits per heavy atom. The van der Waals surface area contributed by atoms with E-state index in [1.54, 1.807) is 13.8 Å². The Balaban J connectivity index is 0.000000443. The summed E-state index contributed by atoms with van der Waals surface area (Å²) in [6.45, 7) is 3.28. The van der Waals surface area contributed by atoms with E-state index in [1.807, 2.05) is 0 Å². The van der Waals surface area contributed by atoms with Gasteiger partial charge in [-0.2, -0.15) is 0 Å². The molecule has 11 heteroatoms. The number of nitro groups is 2. The maximum atomic E-state index is 11.0. The molecule has 10 nitrogen and oxygen atoms in total. The average molecular weight is 374 g/mol. The molecule has 0 radical (unpaired) electrons. The van der Waals surface area contributed by atoms with Crippen molar-refractivity contribution in [2.75, 3.05) is 11.5 Å². The largest absolute Gasteiger partial charge is 2.00 e. The van der Waals surface area contributed by atoms with Crippen molar-refractivity contribution in [3.63, 3.8) is 0 Å². The Morgan fingerprint density at radius 2 is 1.04 bits per heavy atom. The summed E-state index contributed by atoms with van der Waals surface area (Å²) < 4.78 is 0. The van der Waals surface area contributed by atoms with Gasteiger partial charge in [0.2, 0.25) is 0 Å². The second kappa shape index (κ2) is 9.25. The van der Waals surface area contributed by atoms with Gasteiger partial charge in [0.25, 0.3) is 11.4 Å². The van der Waals surface area contributed by atoms with Gasteiger partial charge in [0.15, 0.2) is 0 Å². The molecule has 25 heavy (non-hydrogen) atoms. The molecule has 2 aromatic carbocycles. The first-order valence-electron chi connectivity index (χ1n) is 6.47. The first-order chi connectivity index (χ1) is 11.0. The van der Waals surface area contributed by atoms with Crippen molar-refractivity contribution in [3.05, 3.63) is 55.6 Å². The van der Waals surface area contributed by atoms with E-state index in [4.69, 9.17) is 11.5 Å². The predicted molar refractivity (Wildman–Crippen MR) is 89.1 cm³/mol. The molecule has 0 spiro atoms. The van der Waals surface area contributed by atoms with E-state index in [0.717, 1.165) is 0 Å². The molecule has 0 fully saturated rings. The number of nitro benzene ring substituents is 2. The van der Waals surface area contributed by atoms with Crippen LogP contribution >= 0.6 is 0 Å². The first-order valence-corrected chi connectivity index (χ1v) is 6.47. The number of anilines is 2. The molecule has 0 atom stereocenters. The number of aryl methyl sites for hydroxylation is 2. The normalized spacial score (nSPS) is 9.36. The van der Waals surface area contributed by atoms with Crippen LogP contribution in [0.15, 0.2) is 24.3 Å². The third-order valence-electron chi connectivity index (χ3n) is 2.88. The predicted octanol–water partition coefficient (Wildman–Crippen LogP) is 0.737. The second-order valence-electron chi connectivity index (χ2n) is 4.92. The summed E-state index contributed by atoms with van der Waals surface area (Å²) in [6, 6.07) is 5.24. The molecular weight excluding hydrogens is 360 g/mol. The fourth-order valence-electron chi connectivity index (χ4n) is 1.83. The van der Waals surface area contributed by atoms with E-state index in [9.17, 15) is 30.4 Å². The summed E-state index contributed by atoms with van der Waals surface area (Å²) in [5, 5.41) is 42.5. The Morgan fingerprint density at radius 1 is 0.760 bits per heavy atom. The molecule has 0 heterocycles. The van der Waals surface area contributed by atoms with Crippen molar-refractivity contribution in [1.29, 1.82) is 0 Å². The van der Waals surface area contributed by atoms with Gasteiger partial charge in [-0.05, 0) is 48.6 Å². The molecule has 0 aromatic heterocycles. The summed E-state index contributed by atoms with van der Waals surface area (Å²) >= 11 is 0. The second-order valence-corrected chi connectivity index (χ2v) is 4.92.